The molecule has 0 N–H and O–H groups in total. The highest BCUT2D eigenvalue weighted by molar-refractivity contribution is 5.89. The molecule has 1 atom stereocenters. The highest BCUT2D eigenvalue weighted by atomic mass is 19.1. The molecule has 1 aliphatic carbocycles. The zero-order chi connectivity index (χ0) is 20.0. The maximum absolute atomic E-state index is 14.4. The quantitative estimate of drug-likeness (QED) is 0.624. The van der Waals surface area contributed by atoms with E-state index in [-0.39, 0.29) is 11.4 Å². The number of halogens is 1. The zero-order valence-electron chi connectivity index (χ0n) is 17.0. The summed E-state index contributed by atoms with van der Waals surface area (Å²) in [6.07, 6.45) is 5.01. The summed E-state index contributed by atoms with van der Waals surface area (Å²) in [4.78, 5) is 14.6. The van der Waals surface area contributed by atoms with Gasteiger partial charge in [0, 0.05) is 19.6 Å². The van der Waals surface area contributed by atoms with Crippen LogP contribution in [0.15, 0.2) is 18.2 Å². The number of rotatable bonds is 8. The molecular weight excluding hydrogens is 361 g/mol. The molecule has 1 aromatic rings. The molecule has 6 heteroatoms. The predicted octanol–water partition coefficient (Wildman–Crippen LogP) is 4.05. The van der Waals surface area contributed by atoms with Crippen LogP contribution in [0.4, 0.5) is 4.39 Å². The van der Waals surface area contributed by atoms with Crippen LogP contribution in [0.2, 0.25) is 0 Å². The summed E-state index contributed by atoms with van der Waals surface area (Å²) in [5.41, 5.74) is -0.00951. The van der Waals surface area contributed by atoms with E-state index in [4.69, 9.17) is 14.2 Å². The first kappa shape index (κ1) is 21.1. The standard InChI is InChI=1S/C22H32FNO4/c1-3-17(2)22(8-4-5-9-22)28-20-16-18(6-7-19(20)23)21(25)27-15-12-24-10-13-26-14-11-24/h6-7,16-17H,3-5,8-15H2,1-2H3. The number of carbonyl (C=O) groups is 1. The average Bonchev–Trinajstić information content (AvgIpc) is 3.19. The first-order valence-corrected chi connectivity index (χ1v) is 10.5. The molecule has 1 aromatic carbocycles. The molecule has 1 aliphatic heterocycles. The van der Waals surface area contributed by atoms with E-state index in [1.54, 1.807) is 0 Å². The fourth-order valence-electron chi connectivity index (χ4n) is 4.14. The van der Waals surface area contributed by atoms with Gasteiger partial charge < -0.3 is 14.2 Å². The lowest BCUT2D eigenvalue weighted by atomic mass is 9.85. The van der Waals surface area contributed by atoms with Crippen molar-refractivity contribution in [3.8, 4) is 5.75 Å². The van der Waals surface area contributed by atoms with Crippen molar-refractivity contribution in [2.75, 3.05) is 39.5 Å². The predicted molar refractivity (Wildman–Crippen MR) is 105 cm³/mol. The summed E-state index contributed by atoms with van der Waals surface area (Å²) in [5, 5.41) is 0. The average molecular weight is 393 g/mol. The van der Waals surface area contributed by atoms with E-state index in [1.807, 2.05) is 0 Å². The van der Waals surface area contributed by atoms with Gasteiger partial charge in [0.05, 0.1) is 18.8 Å². The molecule has 1 unspecified atom stereocenters. The molecule has 3 rings (SSSR count). The monoisotopic (exact) mass is 393 g/mol. The minimum atomic E-state index is -0.442. The van der Waals surface area contributed by atoms with Gasteiger partial charge in [-0.1, -0.05) is 13.8 Å². The molecule has 5 nitrogen and oxygen atoms in total. The Morgan fingerprint density at radius 3 is 2.68 bits per heavy atom. The molecular formula is C22H32FNO4. The first-order chi connectivity index (χ1) is 13.5. The van der Waals surface area contributed by atoms with Gasteiger partial charge in [0.25, 0.3) is 0 Å². The summed E-state index contributed by atoms with van der Waals surface area (Å²) in [7, 11) is 0. The molecule has 1 heterocycles. The number of benzene rings is 1. The zero-order valence-corrected chi connectivity index (χ0v) is 17.0. The van der Waals surface area contributed by atoms with Gasteiger partial charge in [-0.05, 0) is 56.2 Å². The van der Waals surface area contributed by atoms with Crippen LogP contribution in [0.5, 0.6) is 5.75 Å². The van der Waals surface area contributed by atoms with Gasteiger partial charge >= 0.3 is 5.97 Å². The Hall–Kier alpha value is -1.66. The molecule has 1 saturated carbocycles. The van der Waals surface area contributed by atoms with Crippen molar-refractivity contribution in [1.82, 2.24) is 4.90 Å². The number of hydrogen-bond acceptors (Lipinski definition) is 5. The second kappa shape index (κ2) is 9.70. The van der Waals surface area contributed by atoms with Crippen molar-refractivity contribution >= 4 is 5.97 Å². The lowest BCUT2D eigenvalue weighted by Crippen LogP contribution is -2.40. The van der Waals surface area contributed by atoms with Crippen molar-refractivity contribution in [3.63, 3.8) is 0 Å². The molecule has 156 valence electrons. The summed E-state index contributed by atoms with van der Waals surface area (Å²) in [6.45, 7) is 8.41. The fraction of sp³-hybridized carbons (Fsp3) is 0.682. The third-order valence-corrected chi connectivity index (χ3v) is 6.18. The van der Waals surface area contributed by atoms with E-state index in [0.717, 1.165) is 45.2 Å². The number of morpholine rings is 1. The highest BCUT2D eigenvalue weighted by Gasteiger charge is 2.41. The molecule has 2 fully saturated rings. The van der Waals surface area contributed by atoms with Crippen LogP contribution in [0.1, 0.15) is 56.3 Å². The van der Waals surface area contributed by atoms with E-state index in [2.05, 4.69) is 18.7 Å². The maximum atomic E-state index is 14.4. The minimum Gasteiger partial charge on any atom is -0.484 e. The Balaban J connectivity index is 1.62. The number of nitrogens with zero attached hydrogens (tertiary/aromatic N) is 1. The van der Waals surface area contributed by atoms with Gasteiger partial charge in [0.15, 0.2) is 11.6 Å². The van der Waals surface area contributed by atoms with Gasteiger partial charge in [-0.2, -0.15) is 0 Å². The number of hydrogen-bond donors (Lipinski definition) is 0. The second-order valence-electron chi connectivity index (χ2n) is 7.92. The lowest BCUT2D eigenvalue weighted by Gasteiger charge is -2.36. The van der Waals surface area contributed by atoms with Crippen LogP contribution in [0.25, 0.3) is 0 Å². The number of carbonyl (C=O) groups excluding carboxylic acids is 1. The van der Waals surface area contributed by atoms with E-state index in [0.29, 0.717) is 37.8 Å². The van der Waals surface area contributed by atoms with Crippen molar-refractivity contribution in [1.29, 1.82) is 0 Å². The van der Waals surface area contributed by atoms with E-state index < -0.39 is 11.8 Å². The normalized spacial score (nSPS) is 20.7. The number of ether oxygens (including phenoxy) is 3. The summed E-state index contributed by atoms with van der Waals surface area (Å²) >= 11 is 0. The van der Waals surface area contributed by atoms with Gasteiger partial charge in [-0.3, -0.25) is 4.90 Å². The van der Waals surface area contributed by atoms with Crippen LogP contribution in [0, 0.1) is 11.7 Å². The lowest BCUT2D eigenvalue weighted by molar-refractivity contribution is 0.0152. The Morgan fingerprint density at radius 2 is 2.00 bits per heavy atom. The van der Waals surface area contributed by atoms with Gasteiger partial charge in [0.1, 0.15) is 12.2 Å². The maximum Gasteiger partial charge on any atom is 0.338 e. The van der Waals surface area contributed by atoms with Crippen molar-refractivity contribution < 1.29 is 23.4 Å². The largest absolute Gasteiger partial charge is 0.484 e. The van der Waals surface area contributed by atoms with Gasteiger partial charge in [-0.15, -0.1) is 0 Å². The minimum absolute atomic E-state index is 0.157. The van der Waals surface area contributed by atoms with Crippen LogP contribution in [-0.2, 0) is 9.47 Å². The number of esters is 1. The molecule has 28 heavy (non-hydrogen) atoms. The second-order valence-corrected chi connectivity index (χ2v) is 7.92. The van der Waals surface area contributed by atoms with E-state index in [1.165, 1.54) is 18.2 Å². The molecule has 0 bridgehead atoms. The fourth-order valence-corrected chi connectivity index (χ4v) is 4.14. The summed E-state index contributed by atoms with van der Waals surface area (Å²) in [5.74, 6) is -0.384. The SMILES string of the molecule is CCC(C)C1(Oc2cc(C(=O)OCCN3CCOCC3)ccc2F)CCCC1. The first-order valence-electron chi connectivity index (χ1n) is 10.5. The van der Waals surface area contributed by atoms with Crippen molar-refractivity contribution in [2.24, 2.45) is 5.92 Å². The molecule has 0 aromatic heterocycles. The van der Waals surface area contributed by atoms with E-state index >= 15 is 0 Å². The van der Waals surface area contributed by atoms with Crippen LogP contribution in [-0.4, -0.2) is 55.9 Å². The van der Waals surface area contributed by atoms with Crippen molar-refractivity contribution in [3.05, 3.63) is 29.6 Å². The molecule has 0 radical (unpaired) electrons. The van der Waals surface area contributed by atoms with Gasteiger partial charge in [0.2, 0.25) is 0 Å². The van der Waals surface area contributed by atoms with Gasteiger partial charge in [-0.25, -0.2) is 9.18 Å². The Morgan fingerprint density at radius 1 is 1.29 bits per heavy atom. The molecule has 1 saturated heterocycles. The summed E-state index contributed by atoms with van der Waals surface area (Å²) in [6, 6.07) is 4.26. The van der Waals surface area contributed by atoms with Crippen LogP contribution >= 0.6 is 0 Å². The third-order valence-electron chi connectivity index (χ3n) is 6.18. The van der Waals surface area contributed by atoms with E-state index in [9.17, 15) is 9.18 Å². The van der Waals surface area contributed by atoms with Crippen LogP contribution in [0.3, 0.4) is 0 Å². The topological polar surface area (TPSA) is 48.0 Å². The van der Waals surface area contributed by atoms with Crippen molar-refractivity contribution in [2.45, 2.75) is 51.6 Å². The van der Waals surface area contributed by atoms with Crippen LogP contribution < -0.4 is 4.74 Å². The Bertz CT molecular complexity index is 654. The molecule has 0 amide bonds. The molecule has 0 spiro atoms. The Kier molecular flexibility index (Phi) is 7.30. The molecule has 2 aliphatic rings. The summed E-state index contributed by atoms with van der Waals surface area (Å²) < 4.78 is 31.4. The third kappa shape index (κ3) is 5.03. The smallest absolute Gasteiger partial charge is 0.338 e. The Labute approximate surface area is 167 Å². The highest BCUT2D eigenvalue weighted by Crippen LogP contribution is 2.42.